The first-order chi connectivity index (χ1) is 15.3. The zero-order chi connectivity index (χ0) is 22.8. The second kappa shape index (κ2) is 9.54. The minimum atomic E-state index is 0.411. The van der Waals surface area contributed by atoms with Crippen LogP contribution in [0.4, 0.5) is 11.5 Å². The predicted molar refractivity (Wildman–Crippen MR) is 139 cm³/mol. The molecule has 4 heteroatoms. The van der Waals surface area contributed by atoms with Crippen LogP contribution in [0.2, 0.25) is 5.02 Å². The van der Waals surface area contributed by atoms with E-state index in [1.807, 2.05) is 6.20 Å². The summed E-state index contributed by atoms with van der Waals surface area (Å²) in [7, 11) is 0. The highest BCUT2D eigenvalue weighted by molar-refractivity contribution is 6.35. The highest BCUT2D eigenvalue weighted by atomic mass is 35.5. The van der Waals surface area contributed by atoms with E-state index in [0.29, 0.717) is 12.1 Å². The lowest BCUT2D eigenvalue weighted by Crippen LogP contribution is -2.15. The van der Waals surface area contributed by atoms with E-state index in [1.165, 1.54) is 47.9 Å². The van der Waals surface area contributed by atoms with Crippen LogP contribution in [0.15, 0.2) is 42.6 Å². The van der Waals surface area contributed by atoms with Gasteiger partial charge in [-0.1, -0.05) is 36.6 Å². The van der Waals surface area contributed by atoms with Crippen molar-refractivity contribution in [2.75, 3.05) is 10.6 Å². The quantitative estimate of drug-likeness (QED) is 0.400. The van der Waals surface area contributed by atoms with E-state index in [9.17, 15) is 0 Å². The predicted octanol–water partition coefficient (Wildman–Crippen LogP) is 8.17. The Morgan fingerprint density at radius 1 is 0.844 bits per heavy atom. The number of hydrogen-bond acceptors (Lipinski definition) is 3. The van der Waals surface area contributed by atoms with Crippen LogP contribution in [0.1, 0.15) is 56.2 Å². The molecule has 1 aliphatic carbocycles. The summed E-state index contributed by atoms with van der Waals surface area (Å²) in [5, 5.41) is 7.83. The first-order valence-corrected chi connectivity index (χ1v) is 12.1. The van der Waals surface area contributed by atoms with Gasteiger partial charge in [-0.05, 0) is 99.5 Å². The van der Waals surface area contributed by atoms with Gasteiger partial charge in [0.1, 0.15) is 5.82 Å². The largest absolute Gasteiger partial charge is 0.383 e. The Bertz CT molecular complexity index is 1050. The summed E-state index contributed by atoms with van der Waals surface area (Å²) in [5.41, 5.74) is 9.29. The van der Waals surface area contributed by atoms with Crippen molar-refractivity contribution >= 4 is 23.1 Å². The van der Waals surface area contributed by atoms with Crippen LogP contribution >= 0.6 is 11.6 Å². The number of aromatic nitrogens is 1. The van der Waals surface area contributed by atoms with Gasteiger partial charge in [0.15, 0.2) is 0 Å². The molecule has 1 fully saturated rings. The van der Waals surface area contributed by atoms with Gasteiger partial charge in [-0.3, -0.25) is 0 Å². The molecule has 0 radical (unpaired) electrons. The third-order valence-corrected chi connectivity index (χ3v) is 7.10. The molecule has 1 saturated carbocycles. The van der Waals surface area contributed by atoms with Gasteiger partial charge in [0.25, 0.3) is 0 Å². The molecule has 168 valence electrons. The van der Waals surface area contributed by atoms with Crippen molar-refractivity contribution in [3.63, 3.8) is 0 Å². The van der Waals surface area contributed by atoms with Crippen molar-refractivity contribution in [2.45, 2.75) is 72.4 Å². The van der Waals surface area contributed by atoms with E-state index in [1.54, 1.807) is 0 Å². The van der Waals surface area contributed by atoms with Crippen molar-refractivity contribution < 1.29 is 0 Å². The van der Waals surface area contributed by atoms with Crippen LogP contribution in [-0.2, 0) is 0 Å². The van der Waals surface area contributed by atoms with Gasteiger partial charge < -0.3 is 10.6 Å². The fourth-order valence-corrected chi connectivity index (χ4v) is 5.21. The summed E-state index contributed by atoms with van der Waals surface area (Å²) in [6.45, 7) is 10.8. The van der Waals surface area contributed by atoms with Gasteiger partial charge in [-0.2, -0.15) is 0 Å². The van der Waals surface area contributed by atoms with Crippen LogP contribution in [-0.4, -0.2) is 17.1 Å². The molecule has 32 heavy (non-hydrogen) atoms. The summed E-state index contributed by atoms with van der Waals surface area (Å²) >= 11 is 6.98. The highest BCUT2D eigenvalue weighted by Gasteiger charge is 2.19. The third kappa shape index (κ3) is 4.63. The van der Waals surface area contributed by atoms with Gasteiger partial charge in [0.05, 0.1) is 5.02 Å². The maximum absolute atomic E-state index is 6.98. The molecule has 0 amide bonds. The zero-order valence-electron chi connectivity index (χ0n) is 19.8. The molecule has 0 spiro atoms. The number of anilines is 2. The van der Waals surface area contributed by atoms with Gasteiger partial charge in [-0.25, -0.2) is 4.98 Å². The molecule has 0 atom stereocenters. The van der Waals surface area contributed by atoms with E-state index < -0.39 is 0 Å². The van der Waals surface area contributed by atoms with Crippen LogP contribution in [0.25, 0.3) is 22.3 Å². The van der Waals surface area contributed by atoms with Gasteiger partial charge in [0, 0.05) is 35.1 Å². The molecule has 0 unspecified atom stereocenters. The van der Waals surface area contributed by atoms with Gasteiger partial charge in [0.2, 0.25) is 0 Å². The van der Waals surface area contributed by atoms with Crippen molar-refractivity contribution in [2.24, 2.45) is 0 Å². The summed E-state index contributed by atoms with van der Waals surface area (Å²) < 4.78 is 0. The topological polar surface area (TPSA) is 37.0 Å². The molecule has 1 aliphatic rings. The molecule has 3 nitrogen and oxygen atoms in total. The number of halogens is 1. The maximum atomic E-state index is 6.98. The zero-order valence-corrected chi connectivity index (χ0v) is 20.6. The Labute approximate surface area is 197 Å². The van der Waals surface area contributed by atoms with E-state index >= 15 is 0 Å². The third-order valence-electron chi connectivity index (χ3n) is 6.62. The van der Waals surface area contributed by atoms with E-state index in [2.05, 4.69) is 81.7 Å². The molecule has 0 bridgehead atoms. The SMILES string of the molecule is Cc1c(C)c(-c2ccc(NC3CCCC3)nc2)c(Cl)c(C)c1-c1ccc(NC(C)C)cc1. The lowest BCUT2D eigenvalue weighted by atomic mass is 9.87. The molecule has 0 saturated heterocycles. The molecule has 2 aromatic carbocycles. The number of nitrogens with zero attached hydrogens (tertiary/aromatic N) is 1. The minimum Gasteiger partial charge on any atom is -0.383 e. The molecule has 1 heterocycles. The highest BCUT2D eigenvalue weighted by Crippen LogP contribution is 2.42. The molecular formula is C28H34ClN3. The lowest BCUT2D eigenvalue weighted by Gasteiger charge is -2.20. The number of nitrogens with one attached hydrogen (secondary N) is 2. The normalized spacial score (nSPS) is 14.2. The number of hydrogen-bond donors (Lipinski definition) is 2. The molecule has 3 aromatic rings. The van der Waals surface area contributed by atoms with Crippen LogP contribution in [0, 0.1) is 20.8 Å². The van der Waals surface area contributed by atoms with Crippen molar-refractivity contribution in [3.8, 4) is 22.3 Å². The summed E-state index contributed by atoms with van der Waals surface area (Å²) in [6, 6.07) is 13.8. The molecular weight excluding hydrogens is 414 g/mol. The average Bonchev–Trinajstić information content (AvgIpc) is 3.28. The van der Waals surface area contributed by atoms with Gasteiger partial charge in [-0.15, -0.1) is 0 Å². The first-order valence-electron chi connectivity index (χ1n) is 11.7. The Kier molecular flexibility index (Phi) is 6.76. The lowest BCUT2D eigenvalue weighted by molar-refractivity contribution is 0.750. The summed E-state index contributed by atoms with van der Waals surface area (Å²) in [5.74, 6) is 0.953. The van der Waals surface area contributed by atoms with Crippen LogP contribution in [0.3, 0.4) is 0 Å². The van der Waals surface area contributed by atoms with Crippen LogP contribution in [0.5, 0.6) is 0 Å². The maximum Gasteiger partial charge on any atom is 0.126 e. The second-order valence-electron chi connectivity index (χ2n) is 9.37. The Morgan fingerprint density at radius 3 is 2.06 bits per heavy atom. The molecule has 0 aliphatic heterocycles. The van der Waals surface area contributed by atoms with Crippen molar-refractivity contribution in [1.82, 2.24) is 4.98 Å². The smallest absolute Gasteiger partial charge is 0.126 e. The van der Waals surface area contributed by atoms with E-state index in [4.69, 9.17) is 16.6 Å². The van der Waals surface area contributed by atoms with Crippen molar-refractivity contribution in [1.29, 1.82) is 0 Å². The first kappa shape index (κ1) is 22.7. The van der Waals surface area contributed by atoms with E-state index in [-0.39, 0.29) is 0 Å². The number of benzene rings is 2. The van der Waals surface area contributed by atoms with Crippen LogP contribution < -0.4 is 10.6 Å². The number of pyridine rings is 1. The fourth-order valence-electron chi connectivity index (χ4n) is 4.87. The second-order valence-corrected chi connectivity index (χ2v) is 9.75. The minimum absolute atomic E-state index is 0.411. The van der Waals surface area contributed by atoms with Crippen molar-refractivity contribution in [3.05, 3.63) is 64.3 Å². The summed E-state index contributed by atoms with van der Waals surface area (Å²) in [6.07, 6.45) is 7.06. The van der Waals surface area contributed by atoms with E-state index in [0.717, 1.165) is 33.2 Å². The molecule has 4 rings (SSSR count). The number of rotatable bonds is 6. The van der Waals surface area contributed by atoms with Gasteiger partial charge >= 0.3 is 0 Å². The Balaban J connectivity index is 1.66. The fraction of sp³-hybridized carbons (Fsp3) is 0.393. The average molecular weight is 448 g/mol. The molecule has 2 N–H and O–H groups in total. The Hall–Kier alpha value is -2.52. The molecule has 1 aromatic heterocycles. The summed E-state index contributed by atoms with van der Waals surface area (Å²) in [4.78, 5) is 4.70. The monoisotopic (exact) mass is 447 g/mol. The standard InChI is InChI=1S/C28H34ClN3/c1-17(2)31-24-13-10-21(11-14-24)26-18(3)19(4)27(28(29)20(26)5)22-12-15-25(30-16-22)32-23-8-6-7-9-23/h10-17,23,31H,6-9H2,1-5H3,(H,30,32). The Morgan fingerprint density at radius 2 is 1.47 bits per heavy atom.